The SMILES string of the molecule is COc1cc(Nc2ncc(OCc3c(F)c(OC)cc(OC)c3F)cn2)ccc1N1CCC(N2CCC(COC(C)=O)(COC(C)=O)CC2)CC1. The number of esters is 2. The lowest BCUT2D eigenvalue weighted by Gasteiger charge is -2.46. The quantitative estimate of drug-likeness (QED) is 0.218. The van der Waals surface area contributed by atoms with Crippen molar-refractivity contribution >= 4 is 29.3 Å². The monoisotopic (exact) mass is 713 g/mol. The van der Waals surface area contributed by atoms with Crippen LogP contribution in [0.5, 0.6) is 23.0 Å². The van der Waals surface area contributed by atoms with Crippen LogP contribution in [0.3, 0.4) is 0 Å². The molecule has 0 bridgehead atoms. The van der Waals surface area contributed by atoms with Gasteiger partial charge in [-0.3, -0.25) is 9.59 Å². The number of nitrogens with zero attached hydrogens (tertiary/aromatic N) is 4. The van der Waals surface area contributed by atoms with Gasteiger partial charge in [0.2, 0.25) is 5.95 Å². The summed E-state index contributed by atoms with van der Waals surface area (Å²) in [7, 11) is 4.19. The fourth-order valence-corrected chi connectivity index (χ4v) is 6.50. The molecule has 51 heavy (non-hydrogen) atoms. The van der Waals surface area contributed by atoms with Gasteiger partial charge in [0.25, 0.3) is 0 Å². The molecule has 2 aliphatic heterocycles. The Morgan fingerprint density at radius 1 is 0.843 bits per heavy atom. The van der Waals surface area contributed by atoms with Crippen LogP contribution in [0.25, 0.3) is 0 Å². The van der Waals surface area contributed by atoms with Crippen LogP contribution in [0.1, 0.15) is 45.1 Å². The number of hydrogen-bond donors (Lipinski definition) is 1. The predicted octanol–water partition coefficient (Wildman–Crippen LogP) is 5.28. The lowest BCUT2D eigenvalue weighted by Crippen LogP contribution is -2.51. The molecular weight excluding hydrogens is 668 g/mol. The van der Waals surface area contributed by atoms with E-state index in [9.17, 15) is 18.4 Å². The molecule has 13 nitrogen and oxygen atoms in total. The first-order chi connectivity index (χ1) is 24.5. The fourth-order valence-electron chi connectivity index (χ4n) is 6.50. The second-order valence-corrected chi connectivity index (χ2v) is 12.7. The molecule has 5 rings (SSSR count). The van der Waals surface area contributed by atoms with E-state index in [4.69, 9.17) is 28.4 Å². The molecule has 1 aromatic heterocycles. The van der Waals surface area contributed by atoms with Gasteiger partial charge in [0.1, 0.15) is 25.6 Å². The lowest BCUT2D eigenvalue weighted by molar-refractivity contribution is -0.154. The predicted molar refractivity (Wildman–Crippen MR) is 184 cm³/mol. The lowest BCUT2D eigenvalue weighted by atomic mass is 9.79. The highest BCUT2D eigenvalue weighted by molar-refractivity contribution is 5.68. The number of aromatic nitrogens is 2. The first-order valence-electron chi connectivity index (χ1n) is 16.8. The first-order valence-corrected chi connectivity index (χ1v) is 16.8. The van der Waals surface area contributed by atoms with Crippen LogP contribution in [0.15, 0.2) is 36.7 Å². The van der Waals surface area contributed by atoms with Gasteiger partial charge in [0.05, 0.1) is 45.0 Å². The Hall–Kier alpha value is -4.92. The van der Waals surface area contributed by atoms with Gasteiger partial charge in [-0.25, -0.2) is 18.7 Å². The molecule has 3 heterocycles. The Balaban J connectivity index is 1.14. The first kappa shape index (κ1) is 37.3. The number of piperidine rings is 2. The molecule has 0 radical (unpaired) electrons. The van der Waals surface area contributed by atoms with Crippen LogP contribution in [0.2, 0.25) is 0 Å². The van der Waals surface area contributed by atoms with Crippen molar-refractivity contribution in [3.63, 3.8) is 0 Å². The van der Waals surface area contributed by atoms with Gasteiger partial charge in [-0.15, -0.1) is 0 Å². The van der Waals surface area contributed by atoms with Gasteiger partial charge in [-0.05, 0) is 50.9 Å². The maximum Gasteiger partial charge on any atom is 0.302 e. The highest BCUT2D eigenvalue weighted by Gasteiger charge is 2.39. The Morgan fingerprint density at radius 2 is 1.41 bits per heavy atom. The number of halogens is 2. The number of rotatable bonds is 14. The third-order valence-corrected chi connectivity index (χ3v) is 9.46. The van der Waals surface area contributed by atoms with E-state index in [1.807, 2.05) is 18.2 Å². The number of anilines is 3. The standard InChI is InChI=1S/C36H45F2N5O8/c1-23(44)50-21-36(22-51-24(2)45)10-14-42(15-11-36)26-8-12-43(13-9-26)29-7-6-25(16-30(29)46-3)41-35-39-18-27(19-40-35)49-20-28-33(37)31(47-4)17-32(48-5)34(28)38/h6-7,16-19,26H,8-15,20-22H2,1-5H3,(H,39,40,41). The number of ether oxygens (including phenoxy) is 6. The van der Waals surface area contributed by atoms with Gasteiger partial charge < -0.3 is 43.5 Å². The summed E-state index contributed by atoms with van der Waals surface area (Å²) < 4.78 is 61.4. The van der Waals surface area contributed by atoms with E-state index in [0.29, 0.717) is 23.4 Å². The van der Waals surface area contributed by atoms with E-state index in [1.165, 1.54) is 40.5 Å². The molecule has 2 aromatic carbocycles. The third-order valence-electron chi connectivity index (χ3n) is 9.46. The summed E-state index contributed by atoms with van der Waals surface area (Å²) in [6.45, 7) is 6.29. The fraction of sp³-hybridized carbons (Fsp3) is 0.500. The van der Waals surface area contributed by atoms with Gasteiger partial charge in [0.15, 0.2) is 28.9 Å². The minimum atomic E-state index is -0.877. The molecule has 0 spiro atoms. The van der Waals surface area contributed by atoms with Gasteiger partial charge in [-0.2, -0.15) is 0 Å². The van der Waals surface area contributed by atoms with Crippen LogP contribution < -0.4 is 29.2 Å². The molecule has 1 N–H and O–H groups in total. The van der Waals surface area contributed by atoms with Gasteiger partial charge in [0, 0.05) is 56.2 Å². The van der Waals surface area contributed by atoms with Gasteiger partial charge >= 0.3 is 11.9 Å². The van der Waals surface area contributed by atoms with Crippen molar-refractivity contribution in [3.05, 3.63) is 53.9 Å². The van der Waals surface area contributed by atoms with E-state index in [0.717, 1.165) is 63.6 Å². The van der Waals surface area contributed by atoms with E-state index in [-0.39, 0.29) is 53.4 Å². The highest BCUT2D eigenvalue weighted by Crippen LogP contribution is 2.38. The Kier molecular flexibility index (Phi) is 12.3. The van der Waals surface area contributed by atoms with E-state index < -0.39 is 18.2 Å². The summed E-state index contributed by atoms with van der Waals surface area (Å²) in [5.41, 5.74) is 1.01. The minimum Gasteiger partial charge on any atom is -0.495 e. The summed E-state index contributed by atoms with van der Waals surface area (Å²) in [5.74, 6) is -1.52. The molecule has 0 amide bonds. The van der Waals surface area contributed by atoms with Crippen LogP contribution in [-0.2, 0) is 25.7 Å². The zero-order valence-electron chi connectivity index (χ0n) is 29.6. The molecule has 0 unspecified atom stereocenters. The van der Waals surface area contributed by atoms with Crippen molar-refractivity contribution in [1.82, 2.24) is 14.9 Å². The highest BCUT2D eigenvalue weighted by atomic mass is 19.1. The molecule has 2 fully saturated rings. The molecule has 2 saturated heterocycles. The minimum absolute atomic E-state index is 0.160. The normalized spacial score (nSPS) is 16.3. The van der Waals surface area contributed by atoms with E-state index in [1.54, 1.807) is 7.11 Å². The average molecular weight is 714 g/mol. The zero-order valence-corrected chi connectivity index (χ0v) is 29.6. The van der Waals surface area contributed by atoms with Crippen molar-refractivity contribution in [3.8, 4) is 23.0 Å². The van der Waals surface area contributed by atoms with Gasteiger partial charge in [-0.1, -0.05) is 0 Å². The maximum absolute atomic E-state index is 14.7. The van der Waals surface area contributed by atoms with Crippen LogP contribution in [0, 0.1) is 17.0 Å². The molecule has 276 valence electrons. The zero-order chi connectivity index (χ0) is 36.5. The smallest absolute Gasteiger partial charge is 0.302 e. The number of methoxy groups -OCH3 is 3. The van der Waals surface area contributed by atoms with Crippen LogP contribution >= 0.6 is 0 Å². The molecule has 3 aromatic rings. The van der Waals surface area contributed by atoms with Crippen LogP contribution in [0.4, 0.5) is 26.1 Å². The molecular formula is C36H45F2N5O8. The van der Waals surface area contributed by atoms with Crippen molar-refractivity contribution in [2.75, 3.05) is 70.9 Å². The third kappa shape index (κ3) is 9.25. The van der Waals surface area contributed by atoms with Crippen molar-refractivity contribution in [1.29, 1.82) is 0 Å². The molecule has 0 atom stereocenters. The van der Waals surface area contributed by atoms with E-state index in [2.05, 4.69) is 25.1 Å². The number of benzene rings is 2. The Bertz CT molecular complexity index is 1610. The molecule has 2 aliphatic rings. The summed E-state index contributed by atoms with van der Waals surface area (Å²) in [4.78, 5) is 36.4. The average Bonchev–Trinajstić information content (AvgIpc) is 3.14. The van der Waals surface area contributed by atoms with Crippen LogP contribution in [-0.4, -0.2) is 93.6 Å². The van der Waals surface area contributed by atoms with Crippen molar-refractivity contribution in [2.45, 2.75) is 52.2 Å². The molecule has 0 saturated carbocycles. The number of carbonyl (C=O) groups is 2. The second kappa shape index (κ2) is 16.9. The Labute approximate surface area is 296 Å². The summed E-state index contributed by atoms with van der Waals surface area (Å²) in [5, 5.41) is 3.15. The summed E-state index contributed by atoms with van der Waals surface area (Å²) >= 11 is 0. The number of hydrogen-bond acceptors (Lipinski definition) is 13. The molecule has 0 aliphatic carbocycles. The summed E-state index contributed by atoms with van der Waals surface area (Å²) in [6, 6.07) is 7.37. The Morgan fingerprint density at radius 3 is 1.94 bits per heavy atom. The topological polar surface area (TPSA) is 134 Å². The molecule has 15 heteroatoms. The van der Waals surface area contributed by atoms with Crippen molar-refractivity contribution in [2.24, 2.45) is 5.41 Å². The number of carbonyl (C=O) groups excluding carboxylic acids is 2. The maximum atomic E-state index is 14.7. The van der Waals surface area contributed by atoms with E-state index >= 15 is 0 Å². The largest absolute Gasteiger partial charge is 0.495 e. The summed E-state index contributed by atoms with van der Waals surface area (Å²) in [6.07, 6.45) is 6.34. The number of likely N-dealkylation sites (tertiary alicyclic amines) is 1. The number of nitrogens with one attached hydrogen (secondary N) is 1. The van der Waals surface area contributed by atoms with Crippen molar-refractivity contribution < 1.29 is 46.8 Å². The second-order valence-electron chi connectivity index (χ2n) is 12.7.